The van der Waals surface area contributed by atoms with E-state index in [9.17, 15) is 8.42 Å². The second-order valence-corrected chi connectivity index (χ2v) is 7.18. The Bertz CT molecular complexity index is 481. The summed E-state index contributed by atoms with van der Waals surface area (Å²) in [6, 6.07) is 1.95. The van der Waals surface area contributed by atoms with Crippen molar-refractivity contribution in [3.63, 3.8) is 0 Å². The van der Waals surface area contributed by atoms with Gasteiger partial charge in [-0.2, -0.15) is 5.10 Å². The second kappa shape index (κ2) is 4.78. The lowest BCUT2D eigenvalue weighted by Crippen LogP contribution is -2.26. The van der Waals surface area contributed by atoms with Gasteiger partial charge in [-0.15, -0.1) is 0 Å². The van der Waals surface area contributed by atoms with Crippen molar-refractivity contribution in [1.29, 1.82) is 0 Å². The molecule has 0 spiro atoms. The topological polar surface area (TPSA) is 78.0 Å². The summed E-state index contributed by atoms with van der Waals surface area (Å²) < 4.78 is 24.4. The number of hydrogen-bond donors (Lipinski definition) is 1. The Morgan fingerprint density at radius 1 is 1.65 bits per heavy atom. The van der Waals surface area contributed by atoms with Crippen LogP contribution in [0.1, 0.15) is 18.5 Å². The van der Waals surface area contributed by atoms with Crippen molar-refractivity contribution in [2.75, 3.05) is 11.5 Å². The zero-order valence-corrected chi connectivity index (χ0v) is 10.9. The number of aromatic nitrogens is 2. The van der Waals surface area contributed by atoms with Crippen molar-refractivity contribution in [1.82, 2.24) is 9.78 Å². The van der Waals surface area contributed by atoms with Gasteiger partial charge in [0.25, 0.3) is 0 Å². The fraction of sp³-hybridized carbons (Fsp3) is 0.727. The van der Waals surface area contributed by atoms with Crippen LogP contribution in [-0.2, 0) is 23.3 Å². The Morgan fingerprint density at radius 2 is 2.41 bits per heavy atom. The minimum absolute atomic E-state index is 0.00296. The van der Waals surface area contributed by atoms with Crippen molar-refractivity contribution in [2.24, 2.45) is 18.7 Å². The first kappa shape index (κ1) is 12.6. The fourth-order valence-corrected chi connectivity index (χ4v) is 4.29. The molecule has 1 aliphatic rings. The third kappa shape index (κ3) is 3.54. The number of rotatable bonds is 4. The van der Waals surface area contributed by atoms with E-state index in [-0.39, 0.29) is 12.0 Å². The quantitative estimate of drug-likeness (QED) is 0.830. The Hall–Kier alpha value is -0.880. The maximum absolute atomic E-state index is 11.3. The molecule has 1 aliphatic heterocycles. The lowest BCUT2D eigenvalue weighted by atomic mass is 9.97. The van der Waals surface area contributed by atoms with E-state index >= 15 is 0 Å². The number of nitrogens with two attached hydrogens (primary N) is 1. The van der Waals surface area contributed by atoms with E-state index in [0.29, 0.717) is 11.5 Å². The van der Waals surface area contributed by atoms with Crippen molar-refractivity contribution in [3.8, 4) is 0 Å². The van der Waals surface area contributed by atoms with Crippen LogP contribution in [0.15, 0.2) is 12.3 Å². The SMILES string of the molecule is Cn1ccc(CC(N)CC2CCS(=O)(=O)C2)n1. The smallest absolute Gasteiger partial charge is 0.150 e. The molecule has 2 heterocycles. The first-order chi connectivity index (χ1) is 7.94. The standard InChI is InChI=1S/C11H19N3O2S/c1-14-4-2-11(13-14)7-10(12)6-9-3-5-17(15,16)8-9/h2,4,9-10H,3,5-8,12H2,1H3. The lowest BCUT2D eigenvalue weighted by molar-refractivity contribution is 0.465. The Kier molecular flexibility index (Phi) is 3.53. The molecule has 2 N–H and O–H groups in total. The summed E-state index contributed by atoms with van der Waals surface area (Å²) in [5.41, 5.74) is 7.01. The maximum Gasteiger partial charge on any atom is 0.150 e. The molecule has 2 unspecified atom stereocenters. The van der Waals surface area contributed by atoms with Gasteiger partial charge in [0.1, 0.15) is 0 Å². The molecule has 1 saturated heterocycles. The second-order valence-electron chi connectivity index (χ2n) is 4.95. The predicted molar refractivity (Wildman–Crippen MR) is 66.3 cm³/mol. The highest BCUT2D eigenvalue weighted by Crippen LogP contribution is 2.23. The maximum atomic E-state index is 11.3. The van der Waals surface area contributed by atoms with Crippen LogP contribution in [0.25, 0.3) is 0 Å². The van der Waals surface area contributed by atoms with Crippen LogP contribution in [0.3, 0.4) is 0 Å². The Labute approximate surface area is 102 Å². The highest BCUT2D eigenvalue weighted by Gasteiger charge is 2.29. The van der Waals surface area contributed by atoms with E-state index in [1.807, 2.05) is 19.3 Å². The van der Waals surface area contributed by atoms with Crippen molar-refractivity contribution >= 4 is 9.84 Å². The van der Waals surface area contributed by atoms with Gasteiger partial charge in [0.15, 0.2) is 9.84 Å². The average Bonchev–Trinajstić information content (AvgIpc) is 2.73. The summed E-state index contributed by atoms with van der Waals surface area (Å²) in [6.07, 6.45) is 4.15. The molecule has 0 aliphatic carbocycles. The van der Waals surface area contributed by atoms with Crippen LogP contribution in [0, 0.1) is 5.92 Å². The van der Waals surface area contributed by atoms with Gasteiger partial charge in [-0.05, 0) is 24.8 Å². The zero-order chi connectivity index (χ0) is 12.5. The van der Waals surface area contributed by atoms with E-state index in [0.717, 1.165) is 25.0 Å². The molecular formula is C11H19N3O2S. The zero-order valence-electron chi connectivity index (χ0n) is 10.0. The lowest BCUT2D eigenvalue weighted by Gasteiger charge is -2.14. The molecule has 17 heavy (non-hydrogen) atoms. The highest BCUT2D eigenvalue weighted by molar-refractivity contribution is 7.91. The number of aryl methyl sites for hydroxylation is 1. The van der Waals surface area contributed by atoms with Gasteiger partial charge >= 0.3 is 0 Å². The summed E-state index contributed by atoms with van der Waals surface area (Å²) >= 11 is 0. The van der Waals surface area contributed by atoms with Crippen LogP contribution in [0.5, 0.6) is 0 Å². The van der Waals surface area contributed by atoms with Crippen LogP contribution in [0.2, 0.25) is 0 Å². The molecule has 96 valence electrons. The van der Waals surface area contributed by atoms with Gasteiger partial charge < -0.3 is 5.73 Å². The molecule has 0 saturated carbocycles. The number of nitrogens with zero attached hydrogens (tertiary/aromatic N) is 2. The van der Waals surface area contributed by atoms with Crippen LogP contribution in [-0.4, -0.2) is 35.7 Å². The largest absolute Gasteiger partial charge is 0.327 e. The molecule has 5 nitrogen and oxygen atoms in total. The molecule has 1 aromatic heterocycles. The average molecular weight is 257 g/mol. The summed E-state index contributed by atoms with van der Waals surface area (Å²) in [5.74, 6) is 0.871. The van der Waals surface area contributed by atoms with Crippen LogP contribution < -0.4 is 5.73 Å². The number of sulfone groups is 1. The minimum atomic E-state index is -2.79. The van der Waals surface area contributed by atoms with E-state index in [1.54, 1.807) is 4.68 Å². The Morgan fingerprint density at radius 3 is 2.94 bits per heavy atom. The summed E-state index contributed by atoms with van der Waals surface area (Å²) in [6.45, 7) is 0. The third-order valence-electron chi connectivity index (χ3n) is 3.20. The monoisotopic (exact) mass is 257 g/mol. The van der Waals surface area contributed by atoms with Crippen LogP contribution >= 0.6 is 0 Å². The van der Waals surface area contributed by atoms with Gasteiger partial charge in [0, 0.05) is 25.7 Å². The van der Waals surface area contributed by atoms with Crippen molar-refractivity contribution in [3.05, 3.63) is 18.0 Å². The minimum Gasteiger partial charge on any atom is -0.327 e. The van der Waals surface area contributed by atoms with Gasteiger partial charge in [-0.25, -0.2) is 8.42 Å². The first-order valence-electron chi connectivity index (χ1n) is 5.89. The fourth-order valence-electron chi connectivity index (χ4n) is 2.41. The Balaban J connectivity index is 1.84. The predicted octanol–water partition coefficient (Wildman–Crippen LogP) is 0.115. The molecule has 0 amide bonds. The third-order valence-corrected chi connectivity index (χ3v) is 5.04. The van der Waals surface area contributed by atoms with Crippen molar-refractivity contribution < 1.29 is 8.42 Å². The molecule has 2 rings (SSSR count). The van der Waals surface area contributed by atoms with Crippen LogP contribution in [0.4, 0.5) is 0 Å². The molecule has 1 aromatic rings. The molecule has 1 fully saturated rings. The van der Waals surface area contributed by atoms with E-state index < -0.39 is 9.84 Å². The van der Waals surface area contributed by atoms with Gasteiger partial charge in [-0.3, -0.25) is 4.68 Å². The number of hydrogen-bond acceptors (Lipinski definition) is 4. The molecule has 0 aromatic carbocycles. The van der Waals surface area contributed by atoms with Crippen molar-refractivity contribution in [2.45, 2.75) is 25.3 Å². The molecule has 6 heteroatoms. The molecule has 0 bridgehead atoms. The summed E-state index contributed by atoms with van der Waals surface area (Å²) in [5, 5.41) is 4.27. The van der Waals surface area contributed by atoms with E-state index in [4.69, 9.17) is 5.73 Å². The molecule has 0 radical (unpaired) electrons. The van der Waals surface area contributed by atoms with Gasteiger partial charge in [-0.1, -0.05) is 0 Å². The van der Waals surface area contributed by atoms with E-state index in [1.165, 1.54) is 0 Å². The normalized spacial score (nSPS) is 24.9. The first-order valence-corrected chi connectivity index (χ1v) is 7.71. The summed E-state index contributed by atoms with van der Waals surface area (Å²) in [7, 11) is -0.912. The summed E-state index contributed by atoms with van der Waals surface area (Å²) in [4.78, 5) is 0. The highest BCUT2D eigenvalue weighted by atomic mass is 32.2. The van der Waals surface area contributed by atoms with E-state index in [2.05, 4.69) is 5.10 Å². The molecular weight excluding hydrogens is 238 g/mol. The molecule has 2 atom stereocenters. The van der Waals surface area contributed by atoms with Gasteiger partial charge in [0.2, 0.25) is 0 Å². The van der Waals surface area contributed by atoms with Gasteiger partial charge in [0.05, 0.1) is 17.2 Å².